The van der Waals surface area contributed by atoms with Crippen molar-refractivity contribution in [3.63, 3.8) is 0 Å². The predicted octanol–water partition coefficient (Wildman–Crippen LogP) is 1.08. The third-order valence-electron chi connectivity index (χ3n) is 2.47. The van der Waals surface area contributed by atoms with Gasteiger partial charge in [-0.3, -0.25) is 4.79 Å². The lowest BCUT2D eigenvalue weighted by Gasteiger charge is -2.41. The SMILES string of the molecule is O=C(O)CC1(OCc2cccs2)CNC1. The molecule has 1 aromatic rings. The Morgan fingerprint density at radius 1 is 1.67 bits per heavy atom. The topological polar surface area (TPSA) is 58.6 Å². The molecule has 1 aromatic heterocycles. The molecule has 0 bridgehead atoms. The maximum absolute atomic E-state index is 10.7. The van der Waals surface area contributed by atoms with Gasteiger partial charge in [-0.1, -0.05) is 6.07 Å². The van der Waals surface area contributed by atoms with Crippen molar-refractivity contribution in [2.45, 2.75) is 18.6 Å². The van der Waals surface area contributed by atoms with Crippen LogP contribution >= 0.6 is 11.3 Å². The van der Waals surface area contributed by atoms with Gasteiger partial charge < -0.3 is 15.2 Å². The molecule has 1 aliphatic heterocycles. The molecule has 15 heavy (non-hydrogen) atoms. The zero-order valence-electron chi connectivity index (χ0n) is 8.23. The van der Waals surface area contributed by atoms with Crippen LogP contribution in [0.3, 0.4) is 0 Å². The molecule has 0 unspecified atom stereocenters. The van der Waals surface area contributed by atoms with Gasteiger partial charge in [0, 0.05) is 18.0 Å². The van der Waals surface area contributed by atoms with Crippen molar-refractivity contribution in [3.05, 3.63) is 22.4 Å². The number of ether oxygens (including phenoxy) is 1. The average molecular weight is 227 g/mol. The average Bonchev–Trinajstić information content (AvgIpc) is 2.61. The summed E-state index contributed by atoms with van der Waals surface area (Å²) in [5.41, 5.74) is -0.490. The number of rotatable bonds is 5. The number of nitrogens with one attached hydrogen (secondary N) is 1. The van der Waals surface area contributed by atoms with Gasteiger partial charge in [0.25, 0.3) is 0 Å². The van der Waals surface area contributed by atoms with Crippen molar-refractivity contribution in [1.82, 2.24) is 5.32 Å². The summed E-state index contributed by atoms with van der Waals surface area (Å²) in [6, 6.07) is 3.96. The third kappa shape index (κ3) is 2.56. The van der Waals surface area contributed by atoms with Crippen LogP contribution in [0.1, 0.15) is 11.3 Å². The molecule has 82 valence electrons. The molecule has 0 atom stereocenters. The Balaban J connectivity index is 1.88. The molecule has 0 aromatic carbocycles. The molecular weight excluding hydrogens is 214 g/mol. The highest BCUT2D eigenvalue weighted by atomic mass is 32.1. The summed E-state index contributed by atoms with van der Waals surface area (Å²) in [4.78, 5) is 11.8. The van der Waals surface area contributed by atoms with Crippen molar-refractivity contribution in [1.29, 1.82) is 0 Å². The van der Waals surface area contributed by atoms with Crippen molar-refractivity contribution < 1.29 is 14.6 Å². The molecule has 0 aliphatic carbocycles. The number of carboxylic acid groups (broad SMARTS) is 1. The zero-order chi connectivity index (χ0) is 10.7. The molecule has 2 heterocycles. The molecule has 2 rings (SSSR count). The first kappa shape index (κ1) is 10.6. The van der Waals surface area contributed by atoms with E-state index in [0.29, 0.717) is 19.7 Å². The number of carboxylic acids is 1. The molecule has 1 aliphatic rings. The minimum absolute atomic E-state index is 0.0748. The van der Waals surface area contributed by atoms with E-state index < -0.39 is 11.6 Å². The Morgan fingerprint density at radius 2 is 2.47 bits per heavy atom. The summed E-state index contributed by atoms with van der Waals surface area (Å²) in [5, 5.41) is 13.8. The smallest absolute Gasteiger partial charge is 0.306 e. The van der Waals surface area contributed by atoms with Crippen LogP contribution in [0.25, 0.3) is 0 Å². The molecule has 5 heteroatoms. The lowest BCUT2D eigenvalue weighted by molar-refractivity contribution is -0.151. The van der Waals surface area contributed by atoms with Gasteiger partial charge in [0.15, 0.2) is 0 Å². The normalized spacial score (nSPS) is 18.4. The quantitative estimate of drug-likeness (QED) is 0.790. The summed E-state index contributed by atoms with van der Waals surface area (Å²) < 4.78 is 5.69. The number of thiophene rings is 1. The highest BCUT2D eigenvalue weighted by Crippen LogP contribution is 2.24. The zero-order valence-corrected chi connectivity index (χ0v) is 9.05. The van der Waals surface area contributed by atoms with Gasteiger partial charge in [-0.2, -0.15) is 0 Å². The fourth-order valence-corrected chi connectivity index (χ4v) is 2.19. The molecular formula is C10H13NO3S. The van der Waals surface area contributed by atoms with Crippen molar-refractivity contribution in [2.75, 3.05) is 13.1 Å². The fourth-order valence-electron chi connectivity index (χ4n) is 1.58. The maximum Gasteiger partial charge on any atom is 0.306 e. The fraction of sp³-hybridized carbons (Fsp3) is 0.500. The minimum atomic E-state index is -0.803. The van der Waals surface area contributed by atoms with Crippen LogP contribution in [0, 0.1) is 0 Å². The Labute approximate surface area is 91.9 Å². The van der Waals surface area contributed by atoms with E-state index in [9.17, 15) is 4.79 Å². The van der Waals surface area contributed by atoms with E-state index in [0.717, 1.165) is 4.88 Å². The largest absolute Gasteiger partial charge is 0.481 e. The van der Waals surface area contributed by atoms with Gasteiger partial charge in [-0.15, -0.1) is 11.3 Å². The first-order valence-corrected chi connectivity index (χ1v) is 5.67. The molecule has 1 saturated heterocycles. The Hall–Kier alpha value is -0.910. The van der Waals surface area contributed by atoms with Crippen LogP contribution in [-0.4, -0.2) is 29.8 Å². The van der Waals surface area contributed by atoms with Crippen LogP contribution < -0.4 is 5.32 Å². The van der Waals surface area contributed by atoms with E-state index in [2.05, 4.69) is 5.32 Å². The maximum atomic E-state index is 10.7. The van der Waals surface area contributed by atoms with Crippen LogP contribution in [0.5, 0.6) is 0 Å². The van der Waals surface area contributed by atoms with Gasteiger partial charge in [0.05, 0.1) is 13.0 Å². The summed E-state index contributed by atoms with van der Waals surface area (Å²) >= 11 is 1.62. The van der Waals surface area contributed by atoms with Crippen LogP contribution in [0.4, 0.5) is 0 Å². The lowest BCUT2D eigenvalue weighted by atomic mass is 9.93. The number of hydrogen-bond donors (Lipinski definition) is 2. The summed E-state index contributed by atoms with van der Waals surface area (Å²) in [7, 11) is 0. The van der Waals surface area contributed by atoms with Crippen LogP contribution in [-0.2, 0) is 16.1 Å². The lowest BCUT2D eigenvalue weighted by Crippen LogP contribution is -2.61. The Bertz CT molecular complexity index is 332. The number of hydrogen-bond acceptors (Lipinski definition) is 4. The van der Waals surface area contributed by atoms with E-state index >= 15 is 0 Å². The van der Waals surface area contributed by atoms with Crippen molar-refractivity contribution in [2.24, 2.45) is 0 Å². The van der Waals surface area contributed by atoms with Gasteiger partial charge in [0.1, 0.15) is 5.60 Å². The van der Waals surface area contributed by atoms with Crippen molar-refractivity contribution >= 4 is 17.3 Å². The Kier molecular flexibility index (Phi) is 3.04. The highest BCUT2D eigenvalue weighted by molar-refractivity contribution is 7.09. The summed E-state index contributed by atoms with van der Waals surface area (Å²) in [5.74, 6) is -0.803. The number of aliphatic carboxylic acids is 1. The highest BCUT2D eigenvalue weighted by Gasteiger charge is 2.40. The summed E-state index contributed by atoms with van der Waals surface area (Å²) in [6.07, 6.45) is 0.0748. The molecule has 4 nitrogen and oxygen atoms in total. The Morgan fingerprint density at radius 3 is 2.93 bits per heavy atom. The molecule has 0 radical (unpaired) electrons. The van der Waals surface area contributed by atoms with Crippen molar-refractivity contribution in [3.8, 4) is 0 Å². The molecule has 1 fully saturated rings. The molecule has 0 saturated carbocycles. The predicted molar refractivity (Wildman–Crippen MR) is 57.0 cm³/mol. The molecule has 0 amide bonds. The van der Waals surface area contributed by atoms with Gasteiger partial charge in [0.2, 0.25) is 0 Å². The summed E-state index contributed by atoms with van der Waals surface area (Å²) in [6.45, 7) is 1.77. The monoisotopic (exact) mass is 227 g/mol. The standard InChI is InChI=1S/C10H13NO3S/c12-9(13)4-10(6-11-7-10)14-5-8-2-1-3-15-8/h1-3,11H,4-7H2,(H,12,13). The van der Waals surface area contributed by atoms with Gasteiger partial charge in [-0.25, -0.2) is 0 Å². The van der Waals surface area contributed by atoms with Gasteiger partial charge >= 0.3 is 5.97 Å². The van der Waals surface area contributed by atoms with Gasteiger partial charge in [-0.05, 0) is 11.4 Å². The van der Waals surface area contributed by atoms with E-state index in [-0.39, 0.29) is 6.42 Å². The third-order valence-corrected chi connectivity index (χ3v) is 3.32. The van der Waals surface area contributed by atoms with E-state index in [1.165, 1.54) is 0 Å². The minimum Gasteiger partial charge on any atom is -0.481 e. The van der Waals surface area contributed by atoms with E-state index in [1.54, 1.807) is 11.3 Å². The second kappa shape index (κ2) is 4.30. The second-order valence-corrected chi connectivity index (χ2v) is 4.76. The van der Waals surface area contributed by atoms with Crippen LogP contribution in [0.2, 0.25) is 0 Å². The van der Waals surface area contributed by atoms with E-state index in [1.807, 2.05) is 17.5 Å². The first-order chi connectivity index (χ1) is 7.20. The first-order valence-electron chi connectivity index (χ1n) is 4.79. The van der Waals surface area contributed by atoms with E-state index in [4.69, 9.17) is 9.84 Å². The number of carbonyl (C=O) groups is 1. The molecule has 0 spiro atoms. The van der Waals surface area contributed by atoms with Crippen LogP contribution in [0.15, 0.2) is 17.5 Å². The second-order valence-electron chi connectivity index (χ2n) is 3.73. The molecule has 2 N–H and O–H groups in total.